The molecule has 0 radical (unpaired) electrons. The largest absolute Gasteiger partial charge is 0.334 e. The number of fused-ring (bicyclic) bond motifs is 8. The molecule has 4 unspecified atom stereocenters. The second-order valence-electron chi connectivity index (χ2n) is 18.9. The molecule has 2 heterocycles. The molecule has 11 rings (SSSR count). The molecule has 2 saturated carbocycles. The third kappa shape index (κ3) is 4.83. The van der Waals surface area contributed by atoms with E-state index in [0.717, 1.165) is 56.6 Å². The number of benzene rings is 7. The third-order valence-electron chi connectivity index (χ3n) is 16.2. The van der Waals surface area contributed by atoms with Crippen LogP contribution in [-0.4, -0.2) is 11.1 Å². The first kappa shape index (κ1) is 36.7. The quantitative estimate of drug-likeness (QED) is 0.167. The molecule has 60 heavy (non-hydrogen) atoms. The van der Waals surface area contributed by atoms with Crippen LogP contribution in [0.5, 0.6) is 0 Å². The second-order valence-corrected chi connectivity index (χ2v) is 18.9. The summed E-state index contributed by atoms with van der Waals surface area (Å²) in [7, 11) is 0. The van der Waals surface area contributed by atoms with Crippen LogP contribution < -0.4 is 9.80 Å². The number of hydrogen-bond donors (Lipinski definition) is 0. The molecule has 0 spiro atoms. The van der Waals surface area contributed by atoms with Gasteiger partial charge >= 0.3 is 0 Å². The van der Waals surface area contributed by atoms with E-state index in [2.05, 4.69) is 159 Å². The van der Waals surface area contributed by atoms with Gasteiger partial charge in [0.15, 0.2) is 0 Å². The van der Waals surface area contributed by atoms with Crippen LogP contribution in [0.4, 0.5) is 22.7 Å². The molecule has 294 valence electrons. The van der Waals surface area contributed by atoms with E-state index in [-0.39, 0.29) is 21.9 Å². The molecule has 0 N–H and O–H groups in total. The molecule has 0 saturated heterocycles. The highest BCUT2D eigenvalue weighted by molar-refractivity contribution is 6.22. The van der Waals surface area contributed by atoms with E-state index >= 15 is 0 Å². The van der Waals surface area contributed by atoms with Gasteiger partial charge in [0.25, 0.3) is 0 Å². The van der Waals surface area contributed by atoms with E-state index in [0.29, 0.717) is 11.1 Å². The van der Waals surface area contributed by atoms with Crippen LogP contribution in [0, 0.1) is 22.7 Å². The summed E-state index contributed by atoms with van der Waals surface area (Å²) in [4.78, 5) is 5.32. The first-order valence-electron chi connectivity index (χ1n) is 22.0. The van der Waals surface area contributed by atoms with E-state index in [9.17, 15) is 10.5 Å². The number of rotatable bonds is 4. The molecule has 0 amide bonds. The molecule has 4 nitrogen and oxygen atoms in total. The smallest absolute Gasteiger partial charge is 0.0991 e. The first-order chi connectivity index (χ1) is 29.1. The molecule has 7 aromatic carbocycles. The van der Waals surface area contributed by atoms with Gasteiger partial charge in [-0.15, -0.1) is 0 Å². The van der Waals surface area contributed by atoms with Crippen molar-refractivity contribution >= 4 is 44.3 Å². The Kier molecular flexibility index (Phi) is 7.99. The zero-order valence-corrected chi connectivity index (χ0v) is 35.1. The summed E-state index contributed by atoms with van der Waals surface area (Å²) >= 11 is 0. The van der Waals surface area contributed by atoms with E-state index in [1.165, 1.54) is 72.4 Å². The molecule has 0 aromatic heterocycles. The van der Waals surface area contributed by atoms with Crippen LogP contribution in [0.25, 0.3) is 43.8 Å². The molecule has 7 aromatic rings. The van der Waals surface area contributed by atoms with Crippen LogP contribution in [-0.2, 0) is 10.8 Å². The van der Waals surface area contributed by atoms with Crippen LogP contribution in [0.15, 0.2) is 133 Å². The third-order valence-corrected chi connectivity index (χ3v) is 16.2. The Bertz CT molecular complexity index is 2820. The number of para-hydroxylation sites is 2. The first-order valence-corrected chi connectivity index (χ1v) is 22.0. The Balaban J connectivity index is 1.24. The Labute approximate surface area is 354 Å². The highest BCUT2D eigenvalue weighted by atomic mass is 15.3. The highest BCUT2D eigenvalue weighted by Gasteiger charge is 2.58. The molecule has 2 aliphatic carbocycles. The average Bonchev–Trinajstić information content (AvgIpc) is 3.63. The lowest BCUT2D eigenvalue weighted by Gasteiger charge is -2.50. The maximum atomic E-state index is 10.2. The van der Waals surface area contributed by atoms with Gasteiger partial charge < -0.3 is 9.80 Å². The molecule has 4 atom stereocenters. The summed E-state index contributed by atoms with van der Waals surface area (Å²) in [6, 6.07) is 53.6. The summed E-state index contributed by atoms with van der Waals surface area (Å²) in [6.07, 6.45) is 9.49. The van der Waals surface area contributed by atoms with Crippen molar-refractivity contribution < 1.29 is 0 Å². The summed E-state index contributed by atoms with van der Waals surface area (Å²) in [5, 5.41) is 25.0. The van der Waals surface area contributed by atoms with Crippen LogP contribution in [0.2, 0.25) is 0 Å². The standard InChI is InChI=1S/C56H50N4/c1-53-27-9-11-29-55(53,3)59(49-21-7-5-19-47(49)53)41-23-25-43-45(33-41)51(39-17-13-15-37(31-39)35-57)44-26-24-42(34-46(44)52(43)40-18-14-16-38(32-40)36-58)60-50-22-8-6-20-48(50)54(2)28-10-12-30-56(54,60)4/h5-8,13-26,31-34H,9-12,27-30H2,1-4H3. The van der Waals surface area contributed by atoms with Crippen LogP contribution in [0.3, 0.4) is 0 Å². The topological polar surface area (TPSA) is 54.1 Å². The van der Waals surface area contributed by atoms with Crippen molar-refractivity contribution in [1.82, 2.24) is 0 Å². The van der Waals surface area contributed by atoms with Gasteiger partial charge in [-0.1, -0.05) is 112 Å². The Hall–Kier alpha value is -6.36. The van der Waals surface area contributed by atoms with Crippen molar-refractivity contribution in [2.24, 2.45) is 0 Å². The maximum absolute atomic E-state index is 10.2. The van der Waals surface area contributed by atoms with Gasteiger partial charge in [-0.05, 0) is 155 Å². The second kappa shape index (κ2) is 13.1. The lowest BCUT2D eigenvalue weighted by Crippen LogP contribution is -2.54. The minimum atomic E-state index is -0.0883. The van der Waals surface area contributed by atoms with Gasteiger partial charge in [0, 0.05) is 33.6 Å². The van der Waals surface area contributed by atoms with E-state index in [1.807, 2.05) is 24.3 Å². The number of nitriles is 2. The Morgan fingerprint density at radius 3 is 1.28 bits per heavy atom. The Morgan fingerprint density at radius 1 is 0.433 bits per heavy atom. The van der Waals surface area contributed by atoms with Crippen molar-refractivity contribution in [3.8, 4) is 34.4 Å². The zero-order valence-electron chi connectivity index (χ0n) is 35.1. The molecular formula is C56H50N4. The Morgan fingerprint density at radius 2 is 0.850 bits per heavy atom. The molecule has 4 heteroatoms. The van der Waals surface area contributed by atoms with Crippen molar-refractivity contribution in [1.29, 1.82) is 10.5 Å². The lowest BCUT2D eigenvalue weighted by atomic mass is 9.61. The minimum absolute atomic E-state index is 0.0304. The molecular weight excluding hydrogens is 729 g/mol. The van der Waals surface area contributed by atoms with Gasteiger partial charge in [-0.3, -0.25) is 0 Å². The van der Waals surface area contributed by atoms with Crippen molar-refractivity contribution in [3.05, 3.63) is 156 Å². The van der Waals surface area contributed by atoms with Gasteiger partial charge in [-0.2, -0.15) is 10.5 Å². The SMILES string of the molecule is CC12CCCCC1(C)N(c1ccc3c(-c4cccc(C#N)c4)c4cc(N5c6ccccc6C6(C)CCCCC56C)ccc4c(-c4cccc(C#N)c4)c3c1)c1ccccc12. The van der Waals surface area contributed by atoms with Gasteiger partial charge in [0.05, 0.1) is 34.3 Å². The van der Waals surface area contributed by atoms with Gasteiger partial charge in [0.1, 0.15) is 0 Å². The molecule has 2 aliphatic heterocycles. The summed E-state index contributed by atoms with van der Waals surface area (Å²) in [5.74, 6) is 0. The van der Waals surface area contributed by atoms with E-state index in [4.69, 9.17) is 0 Å². The zero-order chi connectivity index (χ0) is 41.0. The molecule has 2 fully saturated rings. The van der Waals surface area contributed by atoms with Crippen LogP contribution in [0.1, 0.15) is 101 Å². The molecule has 4 aliphatic rings. The summed E-state index contributed by atoms with van der Waals surface area (Å²) in [5.41, 5.74) is 13.4. The summed E-state index contributed by atoms with van der Waals surface area (Å²) < 4.78 is 0. The van der Waals surface area contributed by atoms with Crippen molar-refractivity contribution in [3.63, 3.8) is 0 Å². The fraction of sp³-hybridized carbons (Fsp3) is 0.286. The fourth-order valence-electron chi connectivity index (χ4n) is 12.8. The lowest BCUT2D eigenvalue weighted by molar-refractivity contribution is 0.195. The minimum Gasteiger partial charge on any atom is -0.334 e. The fourth-order valence-corrected chi connectivity index (χ4v) is 12.8. The van der Waals surface area contributed by atoms with Crippen LogP contribution >= 0.6 is 0 Å². The molecule has 0 bridgehead atoms. The highest BCUT2D eigenvalue weighted by Crippen LogP contribution is 2.63. The number of anilines is 4. The predicted octanol–water partition coefficient (Wildman–Crippen LogP) is 14.6. The van der Waals surface area contributed by atoms with E-state index in [1.54, 1.807) is 0 Å². The van der Waals surface area contributed by atoms with Gasteiger partial charge in [0.2, 0.25) is 0 Å². The van der Waals surface area contributed by atoms with Crippen molar-refractivity contribution in [2.45, 2.75) is 101 Å². The van der Waals surface area contributed by atoms with Crippen molar-refractivity contribution in [2.75, 3.05) is 9.80 Å². The normalized spacial score (nSPS) is 25.3. The maximum Gasteiger partial charge on any atom is 0.0991 e. The number of nitrogens with zero attached hydrogens (tertiary/aromatic N) is 4. The summed E-state index contributed by atoms with van der Waals surface area (Å²) in [6.45, 7) is 9.96. The number of hydrogen-bond acceptors (Lipinski definition) is 4. The monoisotopic (exact) mass is 778 g/mol. The van der Waals surface area contributed by atoms with E-state index < -0.39 is 0 Å². The average molecular weight is 779 g/mol. The van der Waals surface area contributed by atoms with Gasteiger partial charge in [-0.25, -0.2) is 0 Å². The predicted molar refractivity (Wildman–Crippen MR) is 247 cm³/mol.